The van der Waals surface area contributed by atoms with Crippen LogP contribution in [0.1, 0.15) is 5.56 Å². The van der Waals surface area contributed by atoms with Crippen molar-refractivity contribution in [1.29, 1.82) is 0 Å². The van der Waals surface area contributed by atoms with E-state index in [1.54, 1.807) is 11.3 Å². The zero-order chi connectivity index (χ0) is 9.10. The molecule has 1 saturated heterocycles. The zero-order valence-electron chi connectivity index (χ0n) is 7.42. The van der Waals surface area contributed by atoms with E-state index in [0.29, 0.717) is 0 Å². The maximum Gasteiger partial charge on any atom is 0.0701 e. The van der Waals surface area contributed by atoms with Crippen LogP contribution in [0.15, 0.2) is 15.2 Å². The van der Waals surface area contributed by atoms with E-state index in [1.807, 2.05) is 0 Å². The number of nitrogens with zero attached hydrogens (tertiary/aromatic N) is 1. The first kappa shape index (κ1) is 9.65. The summed E-state index contributed by atoms with van der Waals surface area (Å²) in [7, 11) is 0. The Kier molecular flexibility index (Phi) is 3.38. The molecule has 0 atom stereocenters. The van der Waals surface area contributed by atoms with E-state index in [2.05, 4.69) is 37.6 Å². The molecular weight excluding hydrogens is 248 g/mol. The summed E-state index contributed by atoms with van der Waals surface area (Å²) < 4.78 is 1.23. The van der Waals surface area contributed by atoms with Crippen molar-refractivity contribution < 1.29 is 0 Å². The molecule has 4 heteroatoms. The van der Waals surface area contributed by atoms with Gasteiger partial charge in [-0.15, -0.1) is 11.3 Å². The molecule has 2 heterocycles. The highest BCUT2D eigenvalue weighted by Gasteiger charge is 2.10. The van der Waals surface area contributed by atoms with Crippen LogP contribution in [0.2, 0.25) is 0 Å². The number of piperazine rings is 1. The normalized spacial score (nSPS) is 19.2. The fourth-order valence-corrected chi connectivity index (χ4v) is 2.76. The second-order valence-corrected chi connectivity index (χ2v) is 5.58. The van der Waals surface area contributed by atoms with Gasteiger partial charge in [0.2, 0.25) is 0 Å². The molecule has 13 heavy (non-hydrogen) atoms. The summed E-state index contributed by atoms with van der Waals surface area (Å²) >= 11 is 5.25. The quantitative estimate of drug-likeness (QED) is 0.875. The molecule has 0 aromatic carbocycles. The van der Waals surface area contributed by atoms with Crippen molar-refractivity contribution in [3.8, 4) is 0 Å². The van der Waals surface area contributed by atoms with Crippen LogP contribution in [0.3, 0.4) is 0 Å². The van der Waals surface area contributed by atoms with Gasteiger partial charge in [0.05, 0.1) is 3.79 Å². The van der Waals surface area contributed by atoms with Crippen LogP contribution >= 0.6 is 27.3 Å². The number of hydrogen-bond acceptors (Lipinski definition) is 3. The Morgan fingerprint density at radius 2 is 2.23 bits per heavy atom. The molecular formula is C9H13BrN2S. The van der Waals surface area contributed by atoms with Gasteiger partial charge in [0.25, 0.3) is 0 Å². The minimum atomic E-state index is 1.10. The van der Waals surface area contributed by atoms with Gasteiger partial charge in [-0.2, -0.15) is 0 Å². The molecule has 1 fully saturated rings. The van der Waals surface area contributed by atoms with E-state index in [4.69, 9.17) is 0 Å². The first-order chi connectivity index (χ1) is 6.34. The van der Waals surface area contributed by atoms with E-state index in [-0.39, 0.29) is 0 Å². The highest BCUT2D eigenvalue weighted by atomic mass is 79.9. The van der Waals surface area contributed by atoms with E-state index in [0.717, 1.165) is 19.6 Å². The predicted octanol–water partition coefficient (Wildman–Crippen LogP) is 1.92. The lowest BCUT2D eigenvalue weighted by molar-refractivity contribution is 0.233. The number of hydrogen-bond donors (Lipinski definition) is 1. The monoisotopic (exact) mass is 260 g/mol. The molecule has 0 aliphatic carbocycles. The highest BCUT2D eigenvalue weighted by Crippen LogP contribution is 2.21. The van der Waals surface area contributed by atoms with Gasteiger partial charge in [-0.3, -0.25) is 4.90 Å². The minimum absolute atomic E-state index is 1.10. The molecule has 1 aromatic heterocycles. The van der Waals surface area contributed by atoms with Crippen LogP contribution in [-0.4, -0.2) is 31.1 Å². The topological polar surface area (TPSA) is 15.3 Å². The van der Waals surface area contributed by atoms with Crippen molar-refractivity contribution in [3.05, 3.63) is 20.8 Å². The molecule has 0 spiro atoms. The Bertz CT molecular complexity index is 268. The lowest BCUT2D eigenvalue weighted by atomic mass is 10.3. The highest BCUT2D eigenvalue weighted by molar-refractivity contribution is 9.11. The summed E-state index contributed by atoms with van der Waals surface area (Å²) in [6.45, 7) is 5.71. The number of nitrogens with one attached hydrogen (secondary N) is 1. The maximum atomic E-state index is 3.48. The Balaban J connectivity index is 1.89. The fourth-order valence-electron chi connectivity index (χ4n) is 1.56. The van der Waals surface area contributed by atoms with Gasteiger partial charge in [0.1, 0.15) is 0 Å². The largest absolute Gasteiger partial charge is 0.314 e. The second-order valence-electron chi connectivity index (χ2n) is 3.29. The summed E-state index contributed by atoms with van der Waals surface area (Å²) in [6.07, 6.45) is 0. The molecule has 0 unspecified atom stereocenters. The average molecular weight is 261 g/mol. The lowest BCUT2D eigenvalue weighted by Gasteiger charge is -2.26. The van der Waals surface area contributed by atoms with Crippen molar-refractivity contribution in [2.24, 2.45) is 0 Å². The number of thiophene rings is 1. The average Bonchev–Trinajstić information content (AvgIpc) is 2.53. The Labute approximate surface area is 91.1 Å². The molecule has 1 aliphatic rings. The Morgan fingerprint density at radius 3 is 2.85 bits per heavy atom. The van der Waals surface area contributed by atoms with Gasteiger partial charge in [0.15, 0.2) is 0 Å². The van der Waals surface area contributed by atoms with Crippen LogP contribution in [0.25, 0.3) is 0 Å². The minimum Gasteiger partial charge on any atom is -0.314 e. The van der Waals surface area contributed by atoms with E-state index >= 15 is 0 Å². The van der Waals surface area contributed by atoms with E-state index in [1.165, 1.54) is 22.4 Å². The maximum absolute atomic E-state index is 3.48. The van der Waals surface area contributed by atoms with Crippen LogP contribution < -0.4 is 5.32 Å². The second kappa shape index (κ2) is 4.55. The van der Waals surface area contributed by atoms with Gasteiger partial charge < -0.3 is 5.32 Å². The van der Waals surface area contributed by atoms with Crippen molar-refractivity contribution in [2.75, 3.05) is 26.2 Å². The molecule has 72 valence electrons. The first-order valence-corrected chi connectivity index (χ1v) is 6.18. The third-order valence-corrected chi connectivity index (χ3v) is 3.79. The van der Waals surface area contributed by atoms with Gasteiger partial charge in [0, 0.05) is 32.7 Å². The summed E-state index contributed by atoms with van der Waals surface area (Å²) in [5, 5.41) is 5.59. The number of rotatable bonds is 2. The first-order valence-electron chi connectivity index (χ1n) is 4.50. The molecule has 0 bridgehead atoms. The van der Waals surface area contributed by atoms with Crippen LogP contribution in [0.5, 0.6) is 0 Å². The van der Waals surface area contributed by atoms with Gasteiger partial charge in [-0.1, -0.05) is 0 Å². The standard InChI is InChI=1S/C9H13BrN2S/c10-9-5-8(7-13-9)6-12-3-1-11-2-4-12/h5,7,11H,1-4,6H2. The van der Waals surface area contributed by atoms with Gasteiger partial charge in [-0.25, -0.2) is 0 Å². The molecule has 0 radical (unpaired) electrons. The van der Waals surface area contributed by atoms with Gasteiger partial charge in [-0.05, 0) is 32.9 Å². The number of halogens is 1. The van der Waals surface area contributed by atoms with E-state index < -0.39 is 0 Å². The Morgan fingerprint density at radius 1 is 1.46 bits per heavy atom. The third kappa shape index (κ3) is 2.77. The van der Waals surface area contributed by atoms with Crippen molar-refractivity contribution in [3.63, 3.8) is 0 Å². The molecule has 1 N–H and O–H groups in total. The zero-order valence-corrected chi connectivity index (χ0v) is 9.83. The van der Waals surface area contributed by atoms with E-state index in [9.17, 15) is 0 Å². The smallest absolute Gasteiger partial charge is 0.0701 e. The van der Waals surface area contributed by atoms with Crippen LogP contribution in [0, 0.1) is 0 Å². The fraction of sp³-hybridized carbons (Fsp3) is 0.556. The molecule has 2 rings (SSSR count). The predicted molar refractivity (Wildman–Crippen MR) is 60.2 cm³/mol. The lowest BCUT2D eigenvalue weighted by Crippen LogP contribution is -2.42. The summed E-state index contributed by atoms with van der Waals surface area (Å²) in [5.41, 5.74) is 1.43. The molecule has 2 nitrogen and oxygen atoms in total. The van der Waals surface area contributed by atoms with Gasteiger partial charge >= 0.3 is 0 Å². The molecule has 0 saturated carbocycles. The third-order valence-electron chi connectivity index (χ3n) is 2.24. The molecule has 0 amide bonds. The SMILES string of the molecule is Brc1cc(CN2CCNCC2)cs1. The van der Waals surface area contributed by atoms with Crippen molar-refractivity contribution in [2.45, 2.75) is 6.54 Å². The van der Waals surface area contributed by atoms with Crippen LogP contribution in [0.4, 0.5) is 0 Å². The van der Waals surface area contributed by atoms with Crippen molar-refractivity contribution >= 4 is 27.3 Å². The summed E-state index contributed by atoms with van der Waals surface area (Å²) in [5.74, 6) is 0. The van der Waals surface area contributed by atoms with Crippen molar-refractivity contribution in [1.82, 2.24) is 10.2 Å². The summed E-state index contributed by atoms with van der Waals surface area (Å²) in [6, 6.07) is 2.21. The Hall–Kier alpha value is 0.1000. The molecule has 1 aromatic rings. The van der Waals surface area contributed by atoms with Crippen LogP contribution in [-0.2, 0) is 6.54 Å². The summed E-state index contributed by atoms with van der Waals surface area (Å²) in [4.78, 5) is 2.49. The molecule has 1 aliphatic heterocycles.